The summed E-state index contributed by atoms with van der Waals surface area (Å²) in [5, 5.41) is 0. The molecule has 0 saturated heterocycles. The van der Waals surface area contributed by atoms with Gasteiger partial charge in [-0.2, -0.15) is 0 Å². The second kappa shape index (κ2) is 5.72. The molecule has 1 fully saturated rings. The number of hydrogen-bond donors (Lipinski definition) is 0. The summed E-state index contributed by atoms with van der Waals surface area (Å²) >= 11 is 0. The number of allylic oxidation sites excluding steroid dienone is 2. The monoisotopic (exact) mass is 208 g/mol. The first-order valence-corrected chi connectivity index (χ1v) is 6.78. The molecule has 1 aliphatic carbocycles. The Morgan fingerprint density at radius 3 is 2.67 bits per heavy atom. The molecule has 0 aromatic carbocycles. The van der Waals surface area contributed by atoms with Gasteiger partial charge < -0.3 is 0 Å². The van der Waals surface area contributed by atoms with Crippen LogP contribution in [0.5, 0.6) is 0 Å². The van der Waals surface area contributed by atoms with Gasteiger partial charge in [0.1, 0.15) is 0 Å². The molecule has 0 radical (unpaired) electrons. The van der Waals surface area contributed by atoms with Gasteiger partial charge in [-0.25, -0.2) is 0 Å². The zero-order chi connectivity index (χ0) is 11.3. The Labute approximate surface area is 96.2 Å². The third-order valence-electron chi connectivity index (χ3n) is 4.19. The Balaban J connectivity index is 2.49. The van der Waals surface area contributed by atoms with E-state index in [0.717, 1.165) is 5.92 Å². The molecule has 0 nitrogen and oxygen atoms in total. The summed E-state index contributed by atoms with van der Waals surface area (Å²) in [4.78, 5) is 0. The summed E-state index contributed by atoms with van der Waals surface area (Å²) in [7, 11) is 0. The van der Waals surface area contributed by atoms with Gasteiger partial charge in [-0.1, -0.05) is 58.6 Å². The van der Waals surface area contributed by atoms with Crippen molar-refractivity contribution in [3.63, 3.8) is 0 Å². The molecule has 0 heterocycles. The van der Waals surface area contributed by atoms with Crippen molar-refractivity contribution in [2.45, 2.75) is 72.6 Å². The minimum Gasteiger partial charge on any atom is -0.0853 e. The van der Waals surface area contributed by atoms with E-state index in [0.29, 0.717) is 5.41 Å². The molecule has 1 rings (SSSR count). The van der Waals surface area contributed by atoms with Crippen molar-refractivity contribution in [1.82, 2.24) is 0 Å². The van der Waals surface area contributed by atoms with E-state index in [1.807, 2.05) is 0 Å². The summed E-state index contributed by atoms with van der Waals surface area (Å²) in [6.45, 7) is 9.52. The van der Waals surface area contributed by atoms with Crippen LogP contribution in [0.15, 0.2) is 11.6 Å². The van der Waals surface area contributed by atoms with Crippen molar-refractivity contribution < 1.29 is 0 Å². The van der Waals surface area contributed by atoms with E-state index in [-0.39, 0.29) is 0 Å². The minimum absolute atomic E-state index is 0.580. The Morgan fingerprint density at radius 2 is 2.07 bits per heavy atom. The quantitative estimate of drug-likeness (QED) is 0.432. The highest BCUT2D eigenvalue weighted by molar-refractivity contribution is 5.09. The van der Waals surface area contributed by atoms with Crippen molar-refractivity contribution >= 4 is 0 Å². The van der Waals surface area contributed by atoms with Gasteiger partial charge in [-0.15, -0.1) is 0 Å². The molecule has 0 N–H and O–H groups in total. The van der Waals surface area contributed by atoms with Gasteiger partial charge in [0.15, 0.2) is 0 Å². The minimum atomic E-state index is 0.580. The van der Waals surface area contributed by atoms with Gasteiger partial charge in [-0.05, 0) is 37.0 Å². The average molecular weight is 208 g/mol. The smallest absolute Gasteiger partial charge is 0.0287 e. The van der Waals surface area contributed by atoms with Crippen LogP contribution in [0.25, 0.3) is 0 Å². The predicted molar refractivity (Wildman–Crippen MR) is 69.0 cm³/mol. The lowest BCUT2D eigenvalue weighted by atomic mass is 9.66. The summed E-state index contributed by atoms with van der Waals surface area (Å²) in [6, 6.07) is 0. The molecule has 0 aromatic rings. The maximum Gasteiger partial charge on any atom is -0.0287 e. The van der Waals surface area contributed by atoms with Gasteiger partial charge in [0.05, 0.1) is 0 Å². The third kappa shape index (κ3) is 3.66. The predicted octanol–water partition coefficient (Wildman–Crippen LogP) is 5.34. The fourth-order valence-corrected chi connectivity index (χ4v) is 2.77. The van der Waals surface area contributed by atoms with Crippen molar-refractivity contribution in [3.8, 4) is 0 Å². The van der Waals surface area contributed by atoms with E-state index in [4.69, 9.17) is 0 Å². The highest BCUT2D eigenvalue weighted by Crippen LogP contribution is 2.44. The third-order valence-corrected chi connectivity index (χ3v) is 4.19. The van der Waals surface area contributed by atoms with E-state index < -0.39 is 0 Å². The first kappa shape index (κ1) is 12.8. The lowest BCUT2D eigenvalue weighted by Gasteiger charge is -2.39. The maximum absolute atomic E-state index is 2.53. The molecule has 1 atom stereocenters. The SMILES string of the molecule is CCCC/C=C1\CCC(C)(C)C(CC)C1. The van der Waals surface area contributed by atoms with Crippen LogP contribution in [0.2, 0.25) is 0 Å². The van der Waals surface area contributed by atoms with E-state index in [2.05, 4.69) is 33.8 Å². The Hall–Kier alpha value is -0.260. The molecule has 0 heteroatoms. The molecule has 0 amide bonds. The summed E-state index contributed by atoms with van der Waals surface area (Å²) < 4.78 is 0. The van der Waals surface area contributed by atoms with Crippen LogP contribution < -0.4 is 0 Å². The van der Waals surface area contributed by atoms with E-state index >= 15 is 0 Å². The van der Waals surface area contributed by atoms with Crippen molar-refractivity contribution in [1.29, 1.82) is 0 Å². The zero-order valence-corrected chi connectivity index (χ0v) is 11.1. The molecule has 1 saturated carbocycles. The molecule has 88 valence electrons. The van der Waals surface area contributed by atoms with Crippen LogP contribution in [-0.4, -0.2) is 0 Å². The van der Waals surface area contributed by atoms with Crippen LogP contribution in [0.4, 0.5) is 0 Å². The molecule has 1 aliphatic rings. The van der Waals surface area contributed by atoms with E-state index in [1.54, 1.807) is 5.57 Å². The highest BCUT2D eigenvalue weighted by Gasteiger charge is 2.32. The maximum atomic E-state index is 2.53. The zero-order valence-electron chi connectivity index (χ0n) is 11.1. The first-order valence-electron chi connectivity index (χ1n) is 6.78. The Bertz CT molecular complexity index is 210. The van der Waals surface area contributed by atoms with Gasteiger partial charge in [0.25, 0.3) is 0 Å². The second-order valence-corrected chi connectivity index (χ2v) is 5.80. The van der Waals surface area contributed by atoms with Gasteiger partial charge in [0, 0.05) is 0 Å². The molecule has 0 bridgehead atoms. The van der Waals surface area contributed by atoms with Crippen LogP contribution in [-0.2, 0) is 0 Å². The topological polar surface area (TPSA) is 0 Å². The average Bonchev–Trinajstić information content (AvgIpc) is 2.20. The van der Waals surface area contributed by atoms with Crippen molar-refractivity contribution in [2.75, 3.05) is 0 Å². The van der Waals surface area contributed by atoms with Gasteiger partial charge in [0.2, 0.25) is 0 Å². The molecular formula is C15H28. The fourth-order valence-electron chi connectivity index (χ4n) is 2.77. The second-order valence-electron chi connectivity index (χ2n) is 5.80. The summed E-state index contributed by atoms with van der Waals surface area (Å²) in [6.07, 6.45) is 12.0. The molecule has 0 spiro atoms. The molecule has 0 aliphatic heterocycles. The highest BCUT2D eigenvalue weighted by atomic mass is 14.4. The number of hydrogen-bond acceptors (Lipinski definition) is 0. The van der Waals surface area contributed by atoms with Gasteiger partial charge in [-0.3, -0.25) is 0 Å². The molecular weight excluding hydrogens is 180 g/mol. The fraction of sp³-hybridized carbons (Fsp3) is 0.867. The summed E-state index contributed by atoms with van der Waals surface area (Å²) in [5.41, 5.74) is 2.33. The number of unbranched alkanes of at least 4 members (excludes halogenated alkanes) is 2. The van der Waals surface area contributed by atoms with Crippen molar-refractivity contribution in [3.05, 3.63) is 11.6 Å². The molecule has 15 heavy (non-hydrogen) atoms. The van der Waals surface area contributed by atoms with Crippen LogP contribution in [0.1, 0.15) is 72.6 Å². The molecule has 1 unspecified atom stereocenters. The Kier molecular flexibility index (Phi) is 4.89. The van der Waals surface area contributed by atoms with E-state index in [1.165, 1.54) is 44.9 Å². The largest absolute Gasteiger partial charge is 0.0853 e. The molecule has 0 aromatic heterocycles. The lowest BCUT2D eigenvalue weighted by molar-refractivity contribution is 0.161. The van der Waals surface area contributed by atoms with Gasteiger partial charge >= 0.3 is 0 Å². The van der Waals surface area contributed by atoms with Crippen LogP contribution in [0, 0.1) is 11.3 Å². The van der Waals surface area contributed by atoms with E-state index in [9.17, 15) is 0 Å². The van der Waals surface area contributed by atoms with Crippen LogP contribution >= 0.6 is 0 Å². The number of rotatable bonds is 4. The van der Waals surface area contributed by atoms with Crippen molar-refractivity contribution in [2.24, 2.45) is 11.3 Å². The Morgan fingerprint density at radius 1 is 1.33 bits per heavy atom. The standard InChI is InChI=1S/C15H28/c1-5-7-8-9-13-10-11-15(3,4)14(6-2)12-13/h9,14H,5-8,10-12H2,1-4H3/b13-9+. The summed E-state index contributed by atoms with van der Waals surface area (Å²) in [5.74, 6) is 0.916. The first-order chi connectivity index (χ1) is 7.10. The van der Waals surface area contributed by atoms with Crippen LogP contribution in [0.3, 0.4) is 0 Å². The lowest BCUT2D eigenvalue weighted by Crippen LogP contribution is -2.28. The normalized spacial score (nSPS) is 28.3.